The molecule has 2 aliphatic heterocycles. The molecule has 2 aliphatic rings. The highest BCUT2D eigenvalue weighted by atomic mass is 32.1. The van der Waals surface area contributed by atoms with Gasteiger partial charge in [0.1, 0.15) is 0 Å². The molecule has 2 saturated heterocycles. The number of benzene rings is 2. The fourth-order valence-electron chi connectivity index (χ4n) is 4.68. The van der Waals surface area contributed by atoms with E-state index in [0.29, 0.717) is 32.6 Å². The third-order valence-corrected chi connectivity index (χ3v) is 7.06. The minimum absolute atomic E-state index is 0.304. The summed E-state index contributed by atoms with van der Waals surface area (Å²) in [6, 6.07) is 18.8. The fourth-order valence-corrected chi connectivity index (χ4v) is 4.96. The molecule has 2 fully saturated rings. The minimum Gasteiger partial charge on any atom is -0.378 e. The van der Waals surface area contributed by atoms with Crippen molar-refractivity contribution in [3.63, 3.8) is 0 Å². The summed E-state index contributed by atoms with van der Waals surface area (Å²) in [5, 5.41) is 5.01. The zero-order chi connectivity index (χ0) is 23.3. The second-order valence-electron chi connectivity index (χ2n) is 9.06. The number of nitrogens with zero attached hydrogens (tertiary/aromatic N) is 5. The molecule has 3 aromatic rings. The second kappa shape index (κ2) is 10.8. The van der Waals surface area contributed by atoms with Gasteiger partial charge in [-0.2, -0.15) is 0 Å². The van der Waals surface area contributed by atoms with E-state index in [1.54, 1.807) is 0 Å². The lowest BCUT2D eigenvalue weighted by Crippen LogP contribution is -2.39. The Balaban J connectivity index is 1.29. The van der Waals surface area contributed by atoms with E-state index in [1.165, 1.54) is 11.1 Å². The third-order valence-electron chi connectivity index (χ3n) is 6.67. The van der Waals surface area contributed by atoms with Crippen molar-refractivity contribution in [2.24, 2.45) is 0 Å². The molecule has 8 heteroatoms. The number of hydrogen-bond acceptors (Lipinski definition) is 6. The first-order valence-electron chi connectivity index (χ1n) is 12.2. The number of piperidine rings is 1. The number of aromatic nitrogens is 3. The molecule has 0 N–H and O–H groups in total. The molecule has 1 aromatic heterocycles. The van der Waals surface area contributed by atoms with Crippen LogP contribution < -0.4 is 4.90 Å². The Hall–Kier alpha value is -2.52. The molecule has 0 radical (unpaired) electrons. The first-order valence-corrected chi connectivity index (χ1v) is 12.6. The van der Waals surface area contributed by atoms with Gasteiger partial charge in [-0.25, -0.2) is 4.68 Å². The Labute approximate surface area is 206 Å². The predicted molar refractivity (Wildman–Crippen MR) is 136 cm³/mol. The van der Waals surface area contributed by atoms with Gasteiger partial charge in [0.25, 0.3) is 0 Å². The molecule has 2 aromatic carbocycles. The van der Waals surface area contributed by atoms with Crippen LogP contribution in [0.4, 0.5) is 5.95 Å². The van der Waals surface area contributed by atoms with Gasteiger partial charge < -0.3 is 14.4 Å². The Morgan fingerprint density at radius 1 is 0.971 bits per heavy atom. The van der Waals surface area contributed by atoms with Crippen molar-refractivity contribution in [2.75, 3.05) is 44.3 Å². The quantitative estimate of drug-likeness (QED) is 0.474. The van der Waals surface area contributed by atoms with Gasteiger partial charge in [0.2, 0.25) is 10.7 Å². The van der Waals surface area contributed by atoms with Crippen LogP contribution >= 0.6 is 12.2 Å². The number of likely N-dealkylation sites (tertiary alicyclic amines) is 1. The highest BCUT2D eigenvalue weighted by molar-refractivity contribution is 7.71. The monoisotopic (exact) mass is 479 g/mol. The van der Waals surface area contributed by atoms with E-state index in [4.69, 9.17) is 26.8 Å². The van der Waals surface area contributed by atoms with Gasteiger partial charge in [0.15, 0.2) is 0 Å². The van der Waals surface area contributed by atoms with E-state index < -0.39 is 0 Å². The van der Waals surface area contributed by atoms with Crippen LogP contribution in [0.25, 0.3) is 5.69 Å². The molecule has 0 spiro atoms. The predicted octanol–water partition coefficient (Wildman–Crippen LogP) is 4.19. The number of para-hydroxylation sites is 1. The minimum atomic E-state index is 0.304. The normalized spacial score (nSPS) is 17.9. The third kappa shape index (κ3) is 5.25. The summed E-state index contributed by atoms with van der Waals surface area (Å²) >= 11 is 5.97. The van der Waals surface area contributed by atoms with Crippen LogP contribution in [0.5, 0.6) is 0 Å². The van der Waals surface area contributed by atoms with Crippen molar-refractivity contribution in [3.8, 4) is 5.69 Å². The Bertz CT molecular complexity index is 1130. The summed E-state index contributed by atoms with van der Waals surface area (Å²) in [7, 11) is 0. The molecule has 7 nitrogen and oxygen atoms in total. The van der Waals surface area contributed by atoms with E-state index in [-0.39, 0.29) is 0 Å². The molecule has 0 amide bonds. The molecule has 0 unspecified atom stereocenters. The van der Waals surface area contributed by atoms with Gasteiger partial charge in [0, 0.05) is 26.2 Å². The molecule has 3 heterocycles. The van der Waals surface area contributed by atoms with E-state index in [9.17, 15) is 0 Å². The topological polar surface area (TPSA) is 47.7 Å². The van der Waals surface area contributed by atoms with Crippen LogP contribution in [0.2, 0.25) is 0 Å². The number of ether oxygens (including phenoxy) is 2. The highest BCUT2D eigenvalue weighted by Crippen LogP contribution is 2.24. The fraction of sp³-hybridized carbons (Fsp3) is 0.462. The number of morpholine rings is 1. The standard InChI is InChI=1S/C26H33N5O2S/c1-21-7-5-6-10-24(21)31-25(29-15-17-32-18-16-29)27-30(26(31)34)20-28-13-11-23(12-14-28)33-19-22-8-3-2-4-9-22/h2-10,23H,11-20H2,1H3. The van der Waals surface area contributed by atoms with Crippen LogP contribution in [0, 0.1) is 11.7 Å². The van der Waals surface area contributed by atoms with E-state index in [2.05, 4.69) is 69.8 Å². The van der Waals surface area contributed by atoms with Gasteiger partial charge in [-0.1, -0.05) is 48.5 Å². The zero-order valence-electron chi connectivity index (χ0n) is 19.8. The Morgan fingerprint density at radius 2 is 1.68 bits per heavy atom. The van der Waals surface area contributed by atoms with Crippen molar-refractivity contribution in [1.29, 1.82) is 0 Å². The Kier molecular flexibility index (Phi) is 7.39. The largest absolute Gasteiger partial charge is 0.378 e. The van der Waals surface area contributed by atoms with E-state index >= 15 is 0 Å². The number of anilines is 1. The maximum Gasteiger partial charge on any atom is 0.230 e. The van der Waals surface area contributed by atoms with Gasteiger partial charge >= 0.3 is 0 Å². The van der Waals surface area contributed by atoms with E-state index in [0.717, 1.165) is 55.4 Å². The van der Waals surface area contributed by atoms with Crippen molar-refractivity contribution in [3.05, 3.63) is 70.5 Å². The first-order chi connectivity index (χ1) is 16.7. The van der Waals surface area contributed by atoms with Crippen molar-refractivity contribution < 1.29 is 9.47 Å². The van der Waals surface area contributed by atoms with Gasteiger partial charge in [0.05, 0.1) is 38.3 Å². The van der Waals surface area contributed by atoms with Crippen LogP contribution in [-0.4, -0.2) is 64.7 Å². The maximum atomic E-state index is 6.17. The van der Waals surface area contributed by atoms with Gasteiger partial charge in [-0.3, -0.25) is 9.47 Å². The molecule has 0 bridgehead atoms. The lowest BCUT2D eigenvalue weighted by Gasteiger charge is -2.31. The molecule has 180 valence electrons. The summed E-state index contributed by atoms with van der Waals surface area (Å²) in [4.78, 5) is 4.71. The second-order valence-corrected chi connectivity index (χ2v) is 9.42. The SMILES string of the molecule is Cc1ccccc1-n1c(N2CCOCC2)nn(CN2CCC(OCc3ccccc3)CC2)c1=S. The number of rotatable bonds is 7. The Morgan fingerprint density at radius 3 is 2.41 bits per heavy atom. The average molecular weight is 480 g/mol. The van der Waals surface area contributed by atoms with Crippen LogP contribution in [-0.2, 0) is 22.7 Å². The smallest absolute Gasteiger partial charge is 0.230 e. The van der Waals surface area contributed by atoms with Crippen molar-refractivity contribution >= 4 is 18.2 Å². The molecule has 0 saturated carbocycles. The average Bonchev–Trinajstić information content (AvgIpc) is 3.20. The number of hydrogen-bond donors (Lipinski definition) is 0. The first kappa shape index (κ1) is 23.2. The van der Waals surface area contributed by atoms with Crippen LogP contribution in [0.1, 0.15) is 24.0 Å². The molecule has 5 rings (SSSR count). The van der Waals surface area contributed by atoms with Crippen LogP contribution in [0.3, 0.4) is 0 Å². The molecule has 34 heavy (non-hydrogen) atoms. The molecule has 0 atom stereocenters. The molecular formula is C26H33N5O2S. The molecular weight excluding hydrogens is 446 g/mol. The number of aryl methyl sites for hydroxylation is 1. The summed E-state index contributed by atoms with van der Waals surface area (Å²) in [5.74, 6) is 0.906. The lowest BCUT2D eigenvalue weighted by atomic mass is 10.1. The summed E-state index contributed by atoms with van der Waals surface area (Å²) < 4.78 is 16.6. The highest BCUT2D eigenvalue weighted by Gasteiger charge is 2.24. The summed E-state index contributed by atoms with van der Waals surface area (Å²) in [6.07, 6.45) is 2.35. The van der Waals surface area contributed by atoms with Gasteiger partial charge in [-0.15, -0.1) is 5.10 Å². The zero-order valence-corrected chi connectivity index (χ0v) is 20.6. The van der Waals surface area contributed by atoms with Gasteiger partial charge in [-0.05, 0) is 49.2 Å². The summed E-state index contributed by atoms with van der Waals surface area (Å²) in [6.45, 7) is 8.52. The van der Waals surface area contributed by atoms with Crippen molar-refractivity contribution in [1.82, 2.24) is 19.2 Å². The lowest BCUT2D eigenvalue weighted by molar-refractivity contribution is -0.00918. The van der Waals surface area contributed by atoms with Crippen molar-refractivity contribution in [2.45, 2.75) is 39.1 Å². The molecule has 0 aliphatic carbocycles. The van der Waals surface area contributed by atoms with Crippen LogP contribution in [0.15, 0.2) is 54.6 Å². The maximum absolute atomic E-state index is 6.17. The van der Waals surface area contributed by atoms with E-state index in [1.807, 2.05) is 10.7 Å². The summed E-state index contributed by atoms with van der Waals surface area (Å²) in [5.41, 5.74) is 3.51.